The zero-order chi connectivity index (χ0) is 11.5. The Kier molecular flexibility index (Phi) is 2.90. The van der Waals surface area contributed by atoms with Crippen molar-refractivity contribution in [2.45, 2.75) is 19.4 Å². The van der Waals surface area contributed by atoms with Crippen molar-refractivity contribution >= 4 is 11.9 Å². The molecule has 1 aliphatic heterocycles. The van der Waals surface area contributed by atoms with Crippen molar-refractivity contribution in [2.75, 3.05) is 7.05 Å². The number of fused-ring (bicyclic) bond motifs is 1. The highest BCUT2D eigenvalue weighted by Gasteiger charge is 2.24. The van der Waals surface area contributed by atoms with E-state index in [-0.39, 0.29) is 11.9 Å². The molecule has 0 unspecified atom stereocenters. The standard InChI is InChI=1S/C12H14N2O2/c1-13-12(16)14-8-10-5-3-2-4-9(10)6-7-11(14)15/h2-5H,6-8H2,1H3,(H,13,16). The Bertz CT molecular complexity index is 429. The molecule has 16 heavy (non-hydrogen) atoms. The van der Waals surface area contributed by atoms with Crippen LogP contribution in [-0.4, -0.2) is 23.9 Å². The van der Waals surface area contributed by atoms with Gasteiger partial charge in [-0.15, -0.1) is 0 Å². The van der Waals surface area contributed by atoms with E-state index in [2.05, 4.69) is 5.32 Å². The number of imide groups is 1. The van der Waals surface area contributed by atoms with Crippen molar-refractivity contribution < 1.29 is 9.59 Å². The van der Waals surface area contributed by atoms with Gasteiger partial charge in [-0.25, -0.2) is 4.79 Å². The molecule has 1 N–H and O–H groups in total. The predicted octanol–water partition coefficient (Wildman–Crippen LogP) is 1.30. The predicted molar refractivity (Wildman–Crippen MR) is 59.8 cm³/mol. The van der Waals surface area contributed by atoms with Gasteiger partial charge in [0.15, 0.2) is 0 Å². The molecule has 3 amide bonds. The van der Waals surface area contributed by atoms with Crippen molar-refractivity contribution in [3.8, 4) is 0 Å². The van der Waals surface area contributed by atoms with Crippen LogP contribution >= 0.6 is 0 Å². The van der Waals surface area contributed by atoms with Gasteiger partial charge in [0.2, 0.25) is 5.91 Å². The topological polar surface area (TPSA) is 49.4 Å². The minimum absolute atomic E-state index is 0.115. The van der Waals surface area contributed by atoms with E-state index in [1.807, 2.05) is 24.3 Å². The lowest BCUT2D eigenvalue weighted by Crippen LogP contribution is -2.41. The number of hydrogen-bond donors (Lipinski definition) is 1. The summed E-state index contributed by atoms with van der Waals surface area (Å²) in [5.41, 5.74) is 2.21. The number of aryl methyl sites for hydroxylation is 1. The molecule has 0 radical (unpaired) electrons. The SMILES string of the molecule is CNC(=O)N1Cc2ccccc2CCC1=O. The Morgan fingerprint density at radius 1 is 1.25 bits per heavy atom. The maximum Gasteiger partial charge on any atom is 0.324 e. The Morgan fingerprint density at radius 3 is 2.62 bits per heavy atom. The fourth-order valence-electron chi connectivity index (χ4n) is 1.91. The van der Waals surface area contributed by atoms with Crippen LogP contribution in [0.15, 0.2) is 24.3 Å². The zero-order valence-electron chi connectivity index (χ0n) is 9.19. The van der Waals surface area contributed by atoms with Crippen LogP contribution in [0, 0.1) is 0 Å². The third kappa shape index (κ3) is 1.91. The highest BCUT2D eigenvalue weighted by Crippen LogP contribution is 2.18. The number of carbonyl (C=O) groups is 2. The summed E-state index contributed by atoms with van der Waals surface area (Å²) in [6.07, 6.45) is 1.10. The number of nitrogens with zero attached hydrogens (tertiary/aromatic N) is 1. The zero-order valence-corrected chi connectivity index (χ0v) is 9.19. The van der Waals surface area contributed by atoms with E-state index >= 15 is 0 Å². The van der Waals surface area contributed by atoms with Gasteiger partial charge in [-0.3, -0.25) is 9.69 Å². The van der Waals surface area contributed by atoms with Crippen LogP contribution in [0.2, 0.25) is 0 Å². The number of carbonyl (C=O) groups excluding carboxylic acids is 2. The molecular weight excluding hydrogens is 204 g/mol. The Labute approximate surface area is 94.2 Å². The summed E-state index contributed by atoms with van der Waals surface area (Å²) in [7, 11) is 1.53. The van der Waals surface area contributed by atoms with E-state index in [0.717, 1.165) is 11.1 Å². The lowest BCUT2D eigenvalue weighted by molar-refractivity contribution is -0.128. The molecule has 0 fully saturated rings. The molecule has 0 atom stereocenters. The summed E-state index contributed by atoms with van der Waals surface area (Å²) in [6.45, 7) is 0.370. The van der Waals surface area contributed by atoms with Crippen LogP contribution < -0.4 is 5.32 Å². The van der Waals surface area contributed by atoms with Crippen LogP contribution in [0.3, 0.4) is 0 Å². The fourth-order valence-corrected chi connectivity index (χ4v) is 1.91. The van der Waals surface area contributed by atoms with Gasteiger partial charge in [-0.1, -0.05) is 24.3 Å². The molecule has 4 heteroatoms. The van der Waals surface area contributed by atoms with E-state index < -0.39 is 0 Å². The van der Waals surface area contributed by atoms with Gasteiger partial charge in [0, 0.05) is 13.5 Å². The molecule has 1 aromatic carbocycles. The second-order valence-corrected chi connectivity index (χ2v) is 3.80. The van der Waals surface area contributed by atoms with E-state index in [1.165, 1.54) is 11.9 Å². The maximum absolute atomic E-state index is 11.7. The molecule has 1 aromatic rings. The van der Waals surface area contributed by atoms with E-state index in [4.69, 9.17) is 0 Å². The van der Waals surface area contributed by atoms with Gasteiger partial charge in [0.25, 0.3) is 0 Å². The molecule has 0 saturated carbocycles. The average molecular weight is 218 g/mol. The second kappa shape index (κ2) is 4.35. The summed E-state index contributed by atoms with van der Waals surface area (Å²) < 4.78 is 0. The molecule has 0 aliphatic carbocycles. The van der Waals surface area contributed by atoms with Gasteiger partial charge in [0.05, 0.1) is 6.54 Å². The lowest BCUT2D eigenvalue weighted by atomic mass is 10.0. The minimum atomic E-state index is -0.332. The van der Waals surface area contributed by atoms with Gasteiger partial charge >= 0.3 is 6.03 Å². The first-order valence-corrected chi connectivity index (χ1v) is 5.31. The molecule has 1 aliphatic rings. The van der Waals surface area contributed by atoms with Crippen LogP contribution in [0.1, 0.15) is 17.5 Å². The normalized spacial score (nSPS) is 15.3. The Balaban J connectivity index is 2.31. The van der Waals surface area contributed by atoms with Crippen molar-refractivity contribution in [3.05, 3.63) is 35.4 Å². The van der Waals surface area contributed by atoms with Crippen molar-refractivity contribution in [1.29, 1.82) is 0 Å². The van der Waals surface area contributed by atoms with Crippen molar-refractivity contribution in [1.82, 2.24) is 10.2 Å². The van der Waals surface area contributed by atoms with Crippen LogP contribution in [0.5, 0.6) is 0 Å². The number of amides is 3. The van der Waals surface area contributed by atoms with Crippen LogP contribution in [0.25, 0.3) is 0 Å². The molecular formula is C12H14N2O2. The van der Waals surface area contributed by atoms with Gasteiger partial charge in [0.1, 0.15) is 0 Å². The summed E-state index contributed by atoms with van der Waals surface area (Å²) in [6, 6.07) is 7.52. The smallest absolute Gasteiger partial charge is 0.324 e. The fraction of sp³-hybridized carbons (Fsp3) is 0.333. The highest BCUT2D eigenvalue weighted by molar-refractivity contribution is 5.94. The van der Waals surface area contributed by atoms with E-state index in [9.17, 15) is 9.59 Å². The number of nitrogens with one attached hydrogen (secondary N) is 1. The quantitative estimate of drug-likeness (QED) is 0.713. The number of urea groups is 1. The van der Waals surface area contributed by atoms with Crippen molar-refractivity contribution in [2.24, 2.45) is 0 Å². The molecule has 0 saturated heterocycles. The highest BCUT2D eigenvalue weighted by atomic mass is 16.2. The molecule has 0 aromatic heterocycles. The Hall–Kier alpha value is -1.84. The molecule has 4 nitrogen and oxygen atoms in total. The van der Waals surface area contributed by atoms with Gasteiger partial charge in [-0.2, -0.15) is 0 Å². The lowest BCUT2D eigenvalue weighted by Gasteiger charge is -2.18. The third-order valence-electron chi connectivity index (χ3n) is 2.82. The maximum atomic E-state index is 11.7. The van der Waals surface area contributed by atoms with Gasteiger partial charge < -0.3 is 5.32 Å². The summed E-state index contributed by atoms with van der Waals surface area (Å²) in [5.74, 6) is -0.115. The molecule has 2 rings (SSSR count). The largest absolute Gasteiger partial charge is 0.341 e. The van der Waals surface area contributed by atoms with Crippen molar-refractivity contribution in [3.63, 3.8) is 0 Å². The number of hydrogen-bond acceptors (Lipinski definition) is 2. The molecule has 0 spiro atoms. The first kappa shape index (κ1) is 10.7. The van der Waals surface area contributed by atoms with E-state index in [1.54, 1.807) is 0 Å². The van der Waals surface area contributed by atoms with Crippen LogP contribution in [0.4, 0.5) is 4.79 Å². The Morgan fingerprint density at radius 2 is 1.94 bits per heavy atom. The van der Waals surface area contributed by atoms with Gasteiger partial charge in [-0.05, 0) is 17.5 Å². The molecule has 84 valence electrons. The first-order chi connectivity index (χ1) is 7.72. The first-order valence-electron chi connectivity index (χ1n) is 5.31. The molecule has 0 bridgehead atoms. The molecule has 1 heterocycles. The summed E-state index contributed by atoms with van der Waals surface area (Å²) in [5, 5.41) is 2.49. The summed E-state index contributed by atoms with van der Waals surface area (Å²) >= 11 is 0. The second-order valence-electron chi connectivity index (χ2n) is 3.80. The van der Waals surface area contributed by atoms with Crippen LogP contribution in [-0.2, 0) is 17.8 Å². The monoisotopic (exact) mass is 218 g/mol. The minimum Gasteiger partial charge on any atom is -0.341 e. The van der Waals surface area contributed by atoms with E-state index in [0.29, 0.717) is 19.4 Å². The number of rotatable bonds is 0. The number of benzene rings is 1. The average Bonchev–Trinajstić information content (AvgIpc) is 2.48. The third-order valence-corrected chi connectivity index (χ3v) is 2.82. The summed E-state index contributed by atoms with van der Waals surface area (Å²) in [4.78, 5) is 24.6.